The van der Waals surface area contributed by atoms with Gasteiger partial charge in [-0.25, -0.2) is 0 Å². The topological polar surface area (TPSA) is 28.7 Å². The Balaban J connectivity index is 2.59. The summed E-state index contributed by atoms with van der Waals surface area (Å²) in [5.41, 5.74) is -0.832. The van der Waals surface area contributed by atoms with Gasteiger partial charge in [0.25, 0.3) is 0 Å². The molecular formula is C10H5Cl2F3N2. The van der Waals surface area contributed by atoms with Gasteiger partial charge in [-0.3, -0.25) is 5.10 Å². The highest BCUT2D eigenvalue weighted by molar-refractivity contribution is 6.32. The number of rotatable bonds is 1. The van der Waals surface area contributed by atoms with E-state index in [1.54, 1.807) is 0 Å². The Labute approximate surface area is 104 Å². The largest absolute Gasteiger partial charge is 0.433 e. The molecule has 0 saturated carbocycles. The fourth-order valence-electron chi connectivity index (χ4n) is 1.41. The molecule has 0 atom stereocenters. The normalized spacial score (nSPS) is 11.8. The second-order valence-corrected chi connectivity index (χ2v) is 4.06. The van der Waals surface area contributed by atoms with Crippen LogP contribution in [0.3, 0.4) is 0 Å². The van der Waals surface area contributed by atoms with Gasteiger partial charge in [0.2, 0.25) is 0 Å². The molecule has 0 unspecified atom stereocenters. The first-order chi connectivity index (χ1) is 7.89. The lowest BCUT2D eigenvalue weighted by Gasteiger charge is -2.07. The molecule has 17 heavy (non-hydrogen) atoms. The lowest BCUT2D eigenvalue weighted by Crippen LogP contribution is -2.07. The molecule has 90 valence electrons. The predicted octanol–water partition coefficient (Wildman–Crippen LogP) is 4.40. The van der Waals surface area contributed by atoms with Crippen LogP contribution in [0.4, 0.5) is 13.2 Å². The van der Waals surface area contributed by atoms with Crippen LogP contribution in [0.25, 0.3) is 11.1 Å². The van der Waals surface area contributed by atoms with Gasteiger partial charge in [0.15, 0.2) is 5.15 Å². The van der Waals surface area contributed by atoms with E-state index in [0.29, 0.717) is 10.6 Å². The third kappa shape index (κ3) is 2.40. The van der Waals surface area contributed by atoms with Crippen molar-refractivity contribution in [3.05, 3.63) is 40.1 Å². The van der Waals surface area contributed by atoms with Gasteiger partial charge in [-0.05, 0) is 17.7 Å². The zero-order chi connectivity index (χ0) is 12.6. The number of hydrogen-bond acceptors (Lipinski definition) is 1. The number of H-pyrrole nitrogens is 1. The Morgan fingerprint density at radius 3 is 2.18 bits per heavy atom. The molecular weight excluding hydrogens is 276 g/mol. The molecule has 0 aliphatic rings. The molecule has 2 rings (SSSR count). The number of benzene rings is 1. The number of alkyl halides is 3. The van der Waals surface area contributed by atoms with E-state index >= 15 is 0 Å². The lowest BCUT2D eigenvalue weighted by atomic mass is 10.1. The highest BCUT2D eigenvalue weighted by atomic mass is 35.5. The van der Waals surface area contributed by atoms with Crippen LogP contribution in [0.1, 0.15) is 5.69 Å². The average molecular weight is 281 g/mol. The van der Waals surface area contributed by atoms with Crippen molar-refractivity contribution in [2.45, 2.75) is 6.18 Å². The standard InChI is InChI=1S/C10H5Cl2F3N2/c11-6-3-1-5(2-4-6)7-8(10(13,14)15)16-17-9(7)12/h1-4H,(H,16,17). The van der Waals surface area contributed by atoms with E-state index < -0.39 is 11.9 Å². The van der Waals surface area contributed by atoms with Gasteiger partial charge in [0, 0.05) is 5.02 Å². The number of nitrogens with one attached hydrogen (secondary N) is 1. The van der Waals surface area contributed by atoms with Gasteiger partial charge in [-0.15, -0.1) is 0 Å². The van der Waals surface area contributed by atoms with E-state index in [2.05, 4.69) is 5.10 Å². The highest BCUT2D eigenvalue weighted by Crippen LogP contribution is 2.39. The molecule has 0 aliphatic heterocycles. The third-order valence-electron chi connectivity index (χ3n) is 2.14. The van der Waals surface area contributed by atoms with Crippen LogP contribution in [0.2, 0.25) is 10.2 Å². The Morgan fingerprint density at radius 1 is 1.06 bits per heavy atom. The van der Waals surface area contributed by atoms with Crippen LogP contribution < -0.4 is 0 Å². The summed E-state index contributed by atoms with van der Waals surface area (Å²) >= 11 is 11.3. The van der Waals surface area contributed by atoms with Gasteiger partial charge in [-0.2, -0.15) is 18.3 Å². The fraction of sp³-hybridized carbons (Fsp3) is 0.100. The maximum absolute atomic E-state index is 12.7. The zero-order valence-electron chi connectivity index (χ0n) is 8.15. The van der Waals surface area contributed by atoms with Crippen molar-refractivity contribution in [2.24, 2.45) is 0 Å². The SMILES string of the molecule is FC(F)(F)c1[nH]nc(Cl)c1-c1ccc(Cl)cc1. The van der Waals surface area contributed by atoms with Crippen molar-refractivity contribution >= 4 is 23.2 Å². The summed E-state index contributed by atoms with van der Waals surface area (Å²) in [7, 11) is 0. The maximum Gasteiger partial charge on any atom is 0.433 e. The minimum Gasteiger partial charge on any atom is -0.272 e. The molecule has 1 aromatic heterocycles. The monoisotopic (exact) mass is 280 g/mol. The summed E-state index contributed by atoms with van der Waals surface area (Å²) in [4.78, 5) is 0. The van der Waals surface area contributed by atoms with Gasteiger partial charge < -0.3 is 0 Å². The van der Waals surface area contributed by atoms with Crippen LogP contribution in [0.5, 0.6) is 0 Å². The van der Waals surface area contributed by atoms with E-state index in [0.717, 1.165) is 0 Å². The summed E-state index contributed by atoms with van der Waals surface area (Å²) in [6.45, 7) is 0. The van der Waals surface area contributed by atoms with E-state index in [9.17, 15) is 13.2 Å². The van der Waals surface area contributed by atoms with Crippen molar-refractivity contribution in [3.63, 3.8) is 0 Å². The molecule has 0 saturated heterocycles. The van der Waals surface area contributed by atoms with Gasteiger partial charge in [0.05, 0.1) is 5.56 Å². The lowest BCUT2D eigenvalue weighted by molar-refractivity contribution is -0.140. The molecule has 1 aromatic carbocycles. The average Bonchev–Trinajstić information content (AvgIpc) is 2.61. The Morgan fingerprint density at radius 2 is 1.65 bits per heavy atom. The van der Waals surface area contributed by atoms with Crippen LogP contribution >= 0.6 is 23.2 Å². The van der Waals surface area contributed by atoms with Crippen LogP contribution in [0, 0.1) is 0 Å². The molecule has 7 heteroatoms. The molecule has 0 aliphatic carbocycles. The van der Waals surface area contributed by atoms with Gasteiger partial charge >= 0.3 is 6.18 Å². The minimum atomic E-state index is -4.53. The van der Waals surface area contributed by atoms with E-state index in [-0.39, 0.29) is 10.7 Å². The third-order valence-corrected chi connectivity index (χ3v) is 2.66. The maximum atomic E-state index is 12.7. The van der Waals surface area contributed by atoms with Crippen molar-refractivity contribution in [1.82, 2.24) is 10.2 Å². The van der Waals surface area contributed by atoms with E-state index in [1.165, 1.54) is 24.3 Å². The molecule has 2 aromatic rings. The molecule has 1 heterocycles. The summed E-state index contributed by atoms with van der Waals surface area (Å²) < 4.78 is 38.0. The highest BCUT2D eigenvalue weighted by Gasteiger charge is 2.37. The smallest absolute Gasteiger partial charge is 0.272 e. The number of aromatic amines is 1. The van der Waals surface area contributed by atoms with Crippen molar-refractivity contribution in [2.75, 3.05) is 0 Å². The van der Waals surface area contributed by atoms with E-state index in [1.807, 2.05) is 5.10 Å². The van der Waals surface area contributed by atoms with E-state index in [4.69, 9.17) is 23.2 Å². The van der Waals surface area contributed by atoms with Crippen molar-refractivity contribution < 1.29 is 13.2 Å². The van der Waals surface area contributed by atoms with Crippen LogP contribution in [-0.4, -0.2) is 10.2 Å². The van der Waals surface area contributed by atoms with Crippen LogP contribution in [-0.2, 0) is 6.18 Å². The summed E-state index contributed by atoms with van der Waals surface area (Å²) in [5.74, 6) is 0. The Bertz CT molecular complexity index is 531. The van der Waals surface area contributed by atoms with Crippen LogP contribution in [0.15, 0.2) is 24.3 Å². The second kappa shape index (κ2) is 4.23. The molecule has 1 N–H and O–H groups in total. The quantitative estimate of drug-likeness (QED) is 0.824. The number of halogens is 5. The molecule has 2 nitrogen and oxygen atoms in total. The summed E-state index contributed by atoms with van der Waals surface area (Å²) in [6.07, 6.45) is -4.53. The molecule has 0 spiro atoms. The summed E-state index contributed by atoms with van der Waals surface area (Å²) in [5, 5.41) is 5.47. The summed E-state index contributed by atoms with van der Waals surface area (Å²) in [6, 6.07) is 5.88. The second-order valence-electron chi connectivity index (χ2n) is 3.27. The molecule has 0 amide bonds. The Kier molecular flexibility index (Phi) is 3.05. The number of nitrogens with zero attached hydrogens (tertiary/aromatic N) is 1. The van der Waals surface area contributed by atoms with Gasteiger partial charge in [-0.1, -0.05) is 35.3 Å². The number of aromatic nitrogens is 2. The first-order valence-corrected chi connectivity index (χ1v) is 5.22. The number of hydrogen-bond donors (Lipinski definition) is 1. The van der Waals surface area contributed by atoms with Crippen molar-refractivity contribution in [3.8, 4) is 11.1 Å². The van der Waals surface area contributed by atoms with Gasteiger partial charge in [0.1, 0.15) is 5.69 Å². The zero-order valence-corrected chi connectivity index (χ0v) is 9.66. The fourth-order valence-corrected chi connectivity index (χ4v) is 1.78. The first kappa shape index (κ1) is 12.3. The molecule has 0 radical (unpaired) electrons. The van der Waals surface area contributed by atoms with Crippen molar-refractivity contribution in [1.29, 1.82) is 0 Å². The minimum absolute atomic E-state index is 0.171. The molecule has 0 fully saturated rings. The predicted molar refractivity (Wildman–Crippen MR) is 59.0 cm³/mol. The molecule has 0 bridgehead atoms. The first-order valence-electron chi connectivity index (χ1n) is 4.46. The Hall–Kier alpha value is -1.20.